The van der Waals surface area contributed by atoms with Crippen LogP contribution in [-0.4, -0.2) is 36.2 Å². The van der Waals surface area contributed by atoms with Gasteiger partial charge in [0.2, 0.25) is 11.8 Å². The van der Waals surface area contributed by atoms with Crippen LogP contribution < -0.4 is 11.1 Å². The molecular formula is C9H12N8O2. The Hall–Kier alpha value is -2.78. The van der Waals surface area contributed by atoms with Gasteiger partial charge in [0.25, 0.3) is 0 Å². The first-order valence-electron chi connectivity index (χ1n) is 5.41. The highest BCUT2D eigenvalue weighted by Gasteiger charge is 2.16. The van der Waals surface area contributed by atoms with Crippen molar-refractivity contribution < 1.29 is 4.92 Å². The van der Waals surface area contributed by atoms with Crippen LogP contribution in [0.4, 0.5) is 17.5 Å². The van der Waals surface area contributed by atoms with E-state index >= 15 is 0 Å². The predicted molar refractivity (Wildman–Crippen MR) is 66.3 cm³/mol. The summed E-state index contributed by atoms with van der Waals surface area (Å²) in [6.45, 7) is 0.404. The third-order valence-electron chi connectivity index (χ3n) is 2.27. The van der Waals surface area contributed by atoms with Crippen LogP contribution in [0.5, 0.6) is 0 Å². The Kier molecular flexibility index (Phi) is 3.50. The second-order valence-electron chi connectivity index (χ2n) is 3.73. The minimum absolute atomic E-state index is 0.0240. The van der Waals surface area contributed by atoms with E-state index < -0.39 is 4.92 Å². The van der Waals surface area contributed by atoms with Crippen molar-refractivity contribution >= 4 is 17.5 Å². The highest BCUT2D eigenvalue weighted by molar-refractivity contribution is 5.56. The molecule has 2 aromatic heterocycles. The van der Waals surface area contributed by atoms with Gasteiger partial charge in [-0.1, -0.05) is 0 Å². The van der Waals surface area contributed by atoms with Gasteiger partial charge >= 0.3 is 5.69 Å². The normalized spacial score (nSPS) is 10.4. The van der Waals surface area contributed by atoms with Gasteiger partial charge in [-0.25, -0.2) is 9.97 Å². The zero-order valence-electron chi connectivity index (χ0n) is 10.1. The zero-order chi connectivity index (χ0) is 13.8. The molecule has 0 unspecified atom stereocenters. The Morgan fingerprint density at radius 3 is 2.95 bits per heavy atom. The fourth-order valence-corrected chi connectivity index (χ4v) is 1.44. The van der Waals surface area contributed by atoms with Gasteiger partial charge in [-0.3, -0.25) is 14.8 Å². The van der Waals surface area contributed by atoms with Crippen molar-refractivity contribution in [3.63, 3.8) is 0 Å². The number of nitro groups is 1. The number of nitrogens with zero attached hydrogens (tertiary/aromatic N) is 6. The molecule has 0 aliphatic heterocycles. The molecule has 3 N–H and O–H groups in total. The molecule has 0 aliphatic carbocycles. The molecule has 0 aliphatic rings. The monoisotopic (exact) mass is 264 g/mol. The number of hydrogen-bond donors (Lipinski definition) is 2. The van der Waals surface area contributed by atoms with Gasteiger partial charge in [0.15, 0.2) is 5.82 Å². The summed E-state index contributed by atoms with van der Waals surface area (Å²) >= 11 is 0. The molecule has 19 heavy (non-hydrogen) atoms. The van der Waals surface area contributed by atoms with Gasteiger partial charge in [0, 0.05) is 20.0 Å². The summed E-state index contributed by atoms with van der Waals surface area (Å²) in [5.74, 6) is 0.706. The summed E-state index contributed by atoms with van der Waals surface area (Å²) in [4.78, 5) is 21.6. The summed E-state index contributed by atoms with van der Waals surface area (Å²) in [5, 5.41) is 17.7. The molecule has 10 heteroatoms. The third kappa shape index (κ3) is 3.12. The van der Waals surface area contributed by atoms with Crippen LogP contribution in [-0.2, 0) is 13.5 Å². The Bertz CT molecular complexity index is 596. The number of anilines is 2. The topological polar surface area (TPSA) is 138 Å². The predicted octanol–water partition coefficient (Wildman–Crippen LogP) is -0.250. The van der Waals surface area contributed by atoms with E-state index in [0.29, 0.717) is 18.8 Å². The molecule has 0 amide bonds. The van der Waals surface area contributed by atoms with E-state index in [1.54, 1.807) is 18.1 Å². The molecule has 2 heterocycles. The average Bonchev–Trinajstić information content (AvgIpc) is 2.75. The van der Waals surface area contributed by atoms with Crippen molar-refractivity contribution in [1.29, 1.82) is 0 Å². The lowest BCUT2D eigenvalue weighted by Gasteiger charge is -2.04. The van der Waals surface area contributed by atoms with E-state index in [4.69, 9.17) is 5.73 Å². The third-order valence-corrected chi connectivity index (χ3v) is 2.27. The van der Waals surface area contributed by atoms with Crippen molar-refractivity contribution in [3.8, 4) is 0 Å². The molecule has 2 rings (SSSR count). The first-order chi connectivity index (χ1) is 9.06. The molecule has 10 nitrogen and oxygen atoms in total. The Balaban J connectivity index is 2.02. The number of hydrogen-bond acceptors (Lipinski definition) is 8. The molecule has 0 radical (unpaired) electrons. The average molecular weight is 264 g/mol. The van der Waals surface area contributed by atoms with Crippen LogP contribution in [0.2, 0.25) is 0 Å². The van der Waals surface area contributed by atoms with E-state index in [9.17, 15) is 10.1 Å². The number of aromatic nitrogens is 5. The number of aryl methyl sites for hydroxylation is 1. The van der Waals surface area contributed by atoms with E-state index in [1.807, 2.05) is 0 Å². The maximum atomic E-state index is 10.8. The summed E-state index contributed by atoms with van der Waals surface area (Å²) in [6, 6.07) is 0. The second kappa shape index (κ2) is 5.25. The Morgan fingerprint density at radius 1 is 1.53 bits per heavy atom. The number of rotatable bonds is 5. The van der Waals surface area contributed by atoms with Crippen molar-refractivity contribution in [2.45, 2.75) is 6.42 Å². The quantitative estimate of drug-likeness (QED) is 0.556. The Morgan fingerprint density at radius 2 is 2.32 bits per heavy atom. The van der Waals surface area contributed by atoms with E-state index in [-0.39, 0.29) is 17.5 Å². The van der Waals surface area contributed by atoms with Crippen LogP contribution in [0.25, 0.3) is 0 Å². The summed E-state index contributed by atoms with van der Waals surface area (Å²) in [6.07, 6.45) is 3.17. The fourth-order valence-electron chi connectivity index (χ4n) is 1.44. The molecule has 0 saturated heterocycles. The van der Waals surface area contributed by atoms with Gasteiger partial charge in [0.1, 0.15) is 12.5 Å². The van der Waals surface area contributed by atoms with Gasteiger partial charge in [-0.15, -0.1) is 0 Å². The van der Waals surface area contributed by atoms with Crippen LogP contribution in [0.15, 0.2) is 12.5 Å². The van der Waals surface area contributed by atoms with E-state index in [0.717, 1.165) is 6.20 Å². The fraction of sp³-hybridized carbons (Fsp3) is 0.333. The molecule has 0 bridgehead atoms. The van der Waals surface area contributed by atoms with Crippen LogP contribution >= 0.6 is 0 Å². The standard InChI is InChI=1S/C9H12N8O2/c1-16-5-13-7(15-16)2-3-11-8-6(17(18)19)4-12-9(10)14-8/h4-5H,2-3H2,1H3,(H3,10,11,12,14). The van der Waals surface area contributed by atoms with Gasteiger partial charge in [-0.2, -0.15) is 10.1 Å². The highest BCUT2D eigenvalue weighted by atomic mass is 16.6. The lowest BCUT2D eigenvalue weighted by Crippen LogP contribution is -2.11. The second-order valence-corrected chi connectivity index (χ2v) is 3.73. The van der Waals surface area contributed by atoms with Gasteiger partial charge in [-0.05, 0) is 0 Å². The maximum absolute atomic E-state index is 10.8. The molecular weight excluding hydrogens is 252 g/mol. The first kappa shape index (κ1) is 12.7. The van der Waals surface area contributed by atoms with Crippen molar-refractivity contribution in [1.82, 2.24) is 24.7 Å². The van der Waals surface area contributed by atoms with Crippen molar-refractivity contribution in [3.05, 3.63) is 28.5 Å². The Labute approximate surface area is 107 Å². The largest absolute Gasteiger partial charge is 0.368 e. The highest BCUT2D eigenvalue weighted by Crippen LogP contribution is 2.20. The van der Waals surface area contributed by atoms with Gasteiger partial charge in [0.05, 0.1) is 4.92 Å². The smallest absolute Gasteiger partial charge is 0.329 e. The van der Waals surface area contributed by atoms with E-state index in [2.05, 4.69) is 25.4 Å². The SMILES string of the molecule is Cn1cnc(CCNc2nc(N)ncc2[N+](=O)[O-])n1. The summed E-state index contributed by atoms with van der Waals surface area (Å²) in [7, 11) is 1.76. The minimum atomic E-state index is -0.569. The van der Waals surface area contributed by atoms with Crippen LogP contribution in [0.3, 0.4) is 0 Å². The number of nitrogens with one attached hydrogen (secondary N) is 1. The summed E-state index contributed by atoms with van der Waals surface area (Å²) in [5.41, 5.74) is 5.18. The van der Waals surface area contributed by atoms with Crippen LogP contribution in [0.1, 0.15) is 5.82 Å². The van der Waals surface area contributed by atoms with E-state index in [1.165, 1.54) is 0 Å². The number of nitrogens with two attached hydrogens (primary N) is 1. The van der Waals surface area contributed by atoms with Crippen molar-refractivity contribution in [2.24, 2.45) is 7.05 Å². The van der Waals surface area contributed by atoms with Crippen LogP contribution in [0, 0.1) is 10.1 Å². The summed E-state index contributed by atoms with van der Waals surface area (Å²) < 4.78 is 1.58. The lowest BCUT2D eigenvalue weighted by atomic mass is 10.4. The maximum Gasteiger partial charge on any atom is 0.329 e. The lowest BCUT2D eigenvalue weighted by molar-refractivity contribution is -0.384. The molecule has 0 atom stereocenters. The van der Waals surface area contributed by atoms with Crippen molar-refractivity contribution in [2.75, 3.05) is 17.6 Å². The number of nitrogen functional groups attached to an aromatic ring is 1. The molecule has 0 spiro atoms. The first-order valence-corrected chi connectivity index (χ1v) is 5.41. The minimum Gasteiger partial charge on any atom is -0.368 e. The molecule has 100 valence electrons. The molecule has 2 aromatic rings. The molecule has 0 saturated carbocycles. The van der Waals surface area contributed by atoms with Gasteiger partial charge < -0.3 is 11.1 Å². The molecule has 0 fully saturated rings. The zero-order valence-corrected chi connectivity index (χ0v) is 10.1. The molecule has 0 aromatic carbocycles.